The summed E-state index contributed by atoms with van der Waals surface area (Å²) in [4.78, 5) is 14.7. The van der Waals surface area contributed by atoms with Crippen molar-refractivity contribution in [2.45, 2.75) is 19.3 Å². The van der Waals surface area contributed by atoms with Gasteiger partial charge in [-0.25, -0.2) is 0 Å². The van der Waals surface area contributed by atoms with Crippen LogP contribution in [0.4, 0.5) is 5.69 Å². The Hall–Kier alpha value is -2.06. The minimum atomic E-state index is -0.206. The zero-order valence-electron chi connectivity index (χ0n) is 12.9. The lowest BCUT2D eigenvalue weighted by atomic mass is 9.83. The molecule has 2 aromatic carbocycles. The van der Waals surface area contributed by atoms with Gasteiger partial charge < -0.3 is 4.90 Å². The number of rotatable bonds is 2. The summed E-state index contributed by atoms with van der Waals surface area (Å²) in [7, 11) is 2.00. The average Bonchev–Trinajstić information content (AvgIpc) is 2.69. The zero-order chi connectivity index (χ0) is 15.9. The molecule has 1 aliphatic heterocycles. The van der Waals surface area contributed by atoms with Gasteiger partial charge in [0.1, 0.15) is 0 Å². The number of fused-ring (bicyclic) bond motifs is 1. The van der Waals surface area contributed by atoms with Crippen molar-refractivity contribution >= 4 is 23.1 Å². The normalized spacial score (nSPS) is 17.6. The number of likely N-dealkylation sites (N-methyl/N-ethyl adjacent to an activating group) is 1. The van der Waals surface area contributed by atoms with Gasteiger partial charge in [-0.1, -0.05) is 55.8 Å². The van der Waals surface area contributed by atoms with Gasteiger partial charge in [0.15, 0.2) is 5.78 Å². The maximum Gasteiger partial charge on any atom is 0.189 e. The number of nitrogens with zero attached hydrogens (tertiary/aromatic N) is 1. The second-order valence-corrected chi connectivity index (χ2v) is 6.48. The van der Waals surface area contributed by atoms with E-state index in [1.165, 1.54) is 5.56 Å². The van der Waals surface area contributed by atoms with Gasteiger partial charge in [-0.05, 0) is 23.8 Å². The number of para-hydroxylation sites is 1. The minimum absolute atomic E-state index is 0.0617. The van der Waals surface area contributed by atoms with Crippen LogP contribution in [-0.2, 0) is 5.41 Å². The van der Waals surface area contributed by atoms with Crippen molar-refractivity contribution in [3.8, 4) is 0 Å². The molecule has 0 bridgehead atoms. The lowest BCUT2D eigenvalue weighted by Gasteiger charge is -2.24. The predicted molar refractivity (Wildman–Crippen MR) is 91.7 cm³/mol. The number of benzene rings is 2. The molecule has 0 saturated carbocycles. The fourth-order valence-corrected chi connectivity index (χ4v) is 3.35. The second-order valence-electron chi connectivity index (χ2n) is 6.07. The van der Waals surface area contributed by atoms with Crippen molar-refractivity contribution in [3.63, 3.8) is 0 Å². The van der Waals surface area contributed by atoms with Crippen molar-refractivity contribution in [1.29, 1.82) is 0 Å². The quantitative estimate of drug-likeness (QED) is 0.584. The smallest absolute Gasteiger partial charge is 0.189 e. The first kappa shape index (κ1) is 14.9. The molecule has 0 fully saturated rings. The summed E-state index contributed by atoms with van der Waals surface area (Å²) in [5.74, 6) is -0.0617. The van der Waals surface area contributed by atoms with Crippen molar-refractivity contribution in [2.24, 2.45) is 0 Å². The van der Waals surface area contributed by atoms with E-state index < -0.39 is 0 Å². The molecule has 112 valence electrons. The second kappa shape index (κ2) is 5.29. The molecule has 0 amide bonds. The van der Waals surface area contributed by atoms with Crippen molar-refractivity contribution < 1.29 is 4.79 Å². The number of carbonyl (C=O) groups is 1. The van der Waals surface area contributed by atoms with Crippen LogP contribution in [0.2, 0.25) is 5.02 Å². The van der Waals surface area contributed by atoms with E-state index in [2.05, 4.69) is 30.9 Å². The monoisotopic (exact) mass is 311 g/mol. The highest BCUT2D eigenvalue weighted by Gasteiger charge is 2.38. The first-order valence-electron chi connectivity index (χ1n) is 7.27. The summed E-state index contributed by atoms with van der Waals surface area (Å²) < 4.78 is 0. The molecule has 0 atom stereocenters. The number of ketones is 1. The molecular weight excluding hydrogens is 294 g/mol. The Morgan fingerprint density at radius 2 is 1.73 bits per heavy atom. The summed E-state index contributed by atoms with van der Waals surface area (Å²) in [6, 6.07) is 15.4. The van der Waals surface area contributed by atoms with Crippen LogP contribution in [0.5, 0.6) is 0 Å². The third-order valence-electron chi connectivity index (χ3n) is 4.35. The highest BCUT2D eigenvalue weighted by Crippen LogP contribution is 2.46. The van der Waals surface area contributed by atoms with Gasteiger partial charge in [0.05, 0.1) is 5.02 Å². The fourth-order valence-electron chi connectivity index (χ4n) is 3.12. The fraction of sp³-hybridized carbons (Fsp3) is 0.211. The maximum atomic E-state index is 12.6. The molecule has 0 saturated heterocycles. The average molecular weight is 312 g/mol. The summed E-state index contributed by atoms with van der Waals surface area (Å²) >= 11 is 6.14. The minimum Gasteiger partial charge on any atom is -0.347 e. The third-order valence-corrected chi connectivity index (χ3v) is 4.68. The van der Waals surface area contributed by atoms with Crippen molar-refractivity contribution in [1.82, 2.24) is 0 Å². The molecule has 1 heterocycles. The molecule has 2 nitrogen and oxygen atoms in total. The highest BCUT2D eigenvalue weighted by atomic mass is 35.5. The molecule has 22 heavy (non-hydrogen) atoms. The molecule has 1 aliphatic rings. The Balaban J connectivity index is 2.06. The maximum absolute atomic E-state index is 12.6. The summed E-state index contributed by atoms with van der Waals surface area (Å²) in [6.45, 7) is 4.28. The van der Waals surface area contributed by atoms with Crippen LogP contribution >= 0.6 is 11.6 Å². The topological polar surface area (TPSA) is 20.3 Å². The molecule has 0 unspecified atom stereocenters. The van der Waals surface area contributed by atoms with Gasteiger partial charge in [0, 0.05) is 35.5 Å². The van der Waals surface area contributed by atoms with Crippen molar-refractivity contribution in [3.05, 3.63) is 76.5 Å². The molecular formula is C19H18ClNO. The van der Waals surface area contributed by atoms with Gasteiger partial charge in [0.25, 0.3) is 0 Å². The molecule has 2 aromatic rings. The largest absolute Gasteiger partial charge is 0.347 e. The first-order valence-corrected chi connectivity index (χ1v) is 7.65. The van der Waals surface area contributed by atoms with Crippen LogP contribution in [0.15, 0.2) is 60.3 Å². The summed E-state index contributed by atoms with van der Waals surface area (Å²) in [5, 5.41) is 0.486. The number of hydrogen-bond acceptors (Lipinski definition) is 2. The molecule has 0 N–H and O–H groups in total. The van der Waals surface area contributed by atoms with E-state index in [0.29, 0.717) is 10.6 Å². The number of allylic oxidation sites excluding steroid dienone is 2. The Labute approximate surface area is 136 Å². The SMILES string of the molecule is CN1/C(=C/C(=O)c2ccccc2Cl)C(C)(C)c2ccccc21. The Kier molecular flexibility index (Phi) is 3.57. The van der Waals surface area contributed by atoms with Gasteiger partial charge >= 0.3 is 0 Å². The number of carbonyl (C=O) groups excluding carboxylic acids is 1. The van der Waals surface area contributed by atoms with E-state index in [-0.39, 0.29) is 11.2 Å². The van der Waals surface area contributed by atoms with E-state index in [4.69, 9.17) is 11.6 Å². The van der Waals surface area contributed by atoms with E-state index in [1.807, 2.05) is 31.3 Å². The number of hydrogen-bond donors (Lipinski definition) is 0. The standard InChI is InChI=1S/C19H18ClNO/c1-19(2)14-9-5-7-11-16(14)21(3)18(19)12-17(22)13-8-4-6-10-15(13)20/h4-12H,1-3H3/b18-12+. The molecule has 0 aromatic heterocycles. The predicted octanol–water partition coefficient (Wildman–Crippen LogP) is 4.83. The molecule has 0 aliphatic carbocycles. The van der Waals surface area contributed by atoms with Gasteiger partial charge in [-0.3, -0.25) is 4.79 Å². The highest BCUT2D eigenvalue weighted by molar-refractivity contribution is 6.34. The van der Waals surface area contributed by atoms with Crippen LogP contribution in [-0.4, -0.2) is 12.8 Å². The summed E-state index contributed by atoms with van der Waals surface area (Å²) in [5.41, 5.74) is 3.69. The van der Waals surface area contributed by atoms with E-state index in [9.17, 15) is 4.79 Å². The summed E-state index contributed by atoms with van der Waals surface area (Å²) in [6.07, 6.45) is 1.71. The lowest BCUT2D eigenvalue weighted by molar-refractivity contribution is 0.104. The molecule has 0 radical (unpaired) electrons. The van der Waals surface area contributed by atoms with Crippen LogP contribution in [0.25, 0.3) is 0 Å². The van der Waals surface area contributed by atoms with Crippen molar-refractivity contribution in [2.75, 3.05) is 11.9 Å². The van der Waals surface area contributed by atoms with Crippen LogP contribution in [0.1, 0.15) is 29.8 Å². The van der Waals surface area contributed by atoms with E-state index in [0.717, 1.165) is 11.4 Å². The first-order chi connectivity index (χ1) is 10.4. The van der Waals surface area contributed by atoms with Crippen LogP contribution in [0, 0.1) is 0 Å². The number of anilines is 1. The Bertz CT molecular complexity index is 777. The molecule has 3 rings (SSSR count). The van der Waals surface area contributed by atoms with Crippen LogP contribution < -0.4 is 4.90 Å². The van der Waals surface area contributed by atoms with Gasteiger partial charge in [-0.15, -0.1) is 0 Å². The zero-order valence-corrected chi connectivity index (χ0v) is 13.7. The Morgan fingerprint density at radius 3 is 2.41 bits per heavy atom. The van der Waals surface area contributed by atoms with E-state index >= 15 is 0 Å². The van der Waals surface area contributed by atoms with E-state index in [1.54, 1.807) is 18.2 Å². The Morgan fingerprint density at radius 1 is 1.09 bits per heavy atom. The van der Waals surface area contributed by atoms with Crippen LogP contribution in [0.3, 0.4) is 0 Å². The van der Waals surface area contributed by atoms with Gasteiger partial charge in [0.2, 0.25) is 0 Å². The third kappa shape index (κ3) is 2.24. The lowest BCUT2D eigenvalue weighted by Crippen LogP contribution is -2.24. The molecule has 3 heteroatoms. The molecule has 0 spiro atoms. The number of halogens is 1. The van der Waals surface area contributed by atoms with Gasteiger partial charge in [-0.2, -0.15) is 0 Å².